The highest BCUT2D eigenvalue weighted by Gasteiger charge is 2.18. The maximum Gasteiger partial charge on any atom is 0.213 e. The van der Waals surface area contributed by atoms with Crippen LogP contribution in [0.25, 0.3) is 0 Å². The Kier molecular flexibility index (Phi) is 2.82. The minimum absolute atomic E-state index is 0.120. The van der Waals surface area contributed by atoms with Crippen molar-refractivity contribution in [2.75, 3.05) is 0 Å². The van der Waals surface area contributed by atoms with Crippen molar-refractivity contribution in [1.82, 2.24) is 20.0 Å². The molecule has 5 nitrogen and oxygen atoms in total. The first-order valence-corrected chi connectivity index (χ1v) is 5.41. The maximum absolute atomic E-state index is 12.1. The Morgan fingerprint density at radius 1 is 1.50 bits per heavy atom. The van der Waals surface area contributed by atoms with Crippen LogP contribution < -0.4 is 0 Å². The summed E-state index contributed by atoms with van der Waals surface area (Å²) in [6, 6.07) is 3.41. The van der Waals surface area contributed by atoms with E-state index in [1.54, 1.807) is 25.4 Å². The molecule has 0 amide bonds. The summed E-state index contributed by atoms with van der Waals surface area (Å²) < 4.78 is 1.90. The van der Waals surface area contributed by atoms with E-state index in [-0.39, 0.29) is 5.78 Å². The van der Waals surface area contributed by atoms with Crippen LogP contribution in [0.1, 0.15) is 21.7 Å². The minimum atomic E-state index is -0.120. The van der Waals surface area contributed by atoms with Gasteiger partial charge in [0.15, 0.2) is 4.60 Å². The van der Waals surface area contributed by atoms with Crippen LogP contribution in [-0.4, -0.2) is 25.8 Å². The Labute approximate surface area is 101 Å². The van der Waals surface area contributed by atoms with Gasteiger partial charge in [-0.2, -0.15) is 0 Å². The van der Waals surface area contributed by atoms with Crippen LogP contribution in [0.4, 0.5) is 0 Å². The van der Waals surface area contributed by atoms with Crippen LogP contribution in [0.2, 0.25) is 0 Å². The molecule has 6 heteroatoms. The van der Waals surface area contributed by atoms with Gasteiger partial charge in [0, 0.05) is 24.5 Å². The normalized spacial score (nSPS) is 10.4. The van der Waals surface area contributed by atoms with Gasteiger partial charge in [-0.3, -0.25) is 9.78 Å². The molecule has 2 rings (SSSR count). The summed E-state index contributed by atoms with van der Waals surface area (Å²) >= 11 is 3.20. The van der Waals surface area contributed by atoms with Gasteiger partial charge < -0.3 is 0 Å². The monoisotopic (exact) mass is 280 g/mol. The van der Waals surface area contributed by atoms with Gasteiger partial charge in [0.2, 0.25) is 5.78 Å². The molecule has 0 saturated carbocycles. The molecule has 0 aliphatic rings. The summed E-state index contributed by atoms with van der Waals surface area (Å²) in [5.74, 6) is -0.120. The van der Waals surface area contributed by atoms with E-state index in [4.69, 9.17) is 0 Å². The largest absolute Gasteiger partial charge is 0.287 e. The first-order chi connectivity index (χ1) is 7.59. The SMILES string of the molecule is Cc1cc(C(=O)c2c(Br)nnn2C)ccn1. The molecule has 0 N–H and O–H groups in total. The van der Waals surface area contributed by atoms with Crippen molar-refractivity contribution in [3.63, 3.8) is 0 Å². The van der Waals surface area contributed by atoms with Gasteiger partial charge in [0.05, 0.1) is 0 Å². The van der Waals surface area contributed by atoms with Crippen molar-refractivity contribution in [1.29, 1.82) is 0 Å². The predicted molar refractivity (Wildman–Crippen MR) is 61.1 cm³/mol. The van der Waals surface area contributed by atoms with Crippen LogP contribution >= 0.6 is 15.9 Å². The lowest BCUT2D eigenvalue weighted by atomic mass is 10.1. The number of halogens is 1. The van der Waals surface area contributed by atoms with Crippen molar-refractivity contribution in [3.8, 4) is 0 Å². The summed E-state index contributed by atoms with van der Waals surface area (Å²) in [5.41, 5.74) is 1.82. The lowest BCUT2D eigenvalue weighted by Crippen LogP contribution is -2.09. The molecule has 0 saturated heterocycles. The maximum atomic E-state index is 12.1. The number of ketones is 1. The van der Waals surface area contributed by atoms with E-state index in [0.29, 0.717) is 15.9 Å². The third kappa shape index (κ3) is 1.88. The predicted octanol–water partition coefficient (Wildman–Crippen LogP) is 1.51. The number of hydrogen-bond acceptors (Lipinski definition) is 4. The smallest absolute Gasteiger partial charge is 0.213 e. The molecule has 2 heterocycles. The lowest BCUT2D eigenvalue weighted by molar-refractivity contribution is 0.102. The van der Waals surface area contributed by atoms with Gasteiger partial charge in [-0.15, -0.1) is 5.10 Å². The van der Waals surface area contributed by atoms with Crippen molar-refractivity contribution in [2.24, 2.45) is 7.05 Å². The number of nitrogens with zero attached hydrogens (tertiary/aromatic N) is 4. The average molecular weight is 281 g/mol. The fourth-order valence-corrected chi connectivity index (χ4v) is 1.90. The summed E-state index contributed by atoms with van der Waals surface area (Å²) in [6.45, 7) is 1.84. The molecule has 0 radical (unpaired) electrons. The van der Waals surface area contributed by atoms with Gasteiger partial charge >= 0.3 is 0 Å². The van der Waals surface area contributed by atoms with E-state index < -0.39 is 0 Å². The molecule has 0 aliphatic heterocycles. The summed E-state index contributed by atoms with van der Waals surface area (Å²) in [5, 5.41) is 7.55. The second-order valence-corrected chi connectivity index (χ2v) is 4.12. The highest BCUT2D eigenvalue weighted by atomic mass is 79.9. The van der Waals surface area contributed by atoms with Gasteiger partial charge in [-0.1, -0.05) is 5.21 Å². The van der Waals surface area contributed by atoms with Gasteiger partial charge in [0.1, 0.15) is 5.69 Å². The van der Waals surface area contributed by atoms with Gasteiger partial charge in [-0.05, 0) is 35.0 Å². The Hall–Kier alpha value is -1.56. The van der Waals surface area contributed by atoms with E-state index >= 15 is 0 Å². The van der Waals surface area contributed by atoms with E-state index in [2.05, 4.69) is 31.2 Å². The molecule has 16 heavy (non-hydrogen) atoms. The molecule has 82 valence electrons. The first-order valence-electron chi connectivity index (χ1n) is 4.62. The second-order valence-electron chi connectivity index (χ2n) is 3.37. The zero-order valence-corrected chi connectivity index (χ0v) is 10.4. The van der Waals surface area contributed by atoms with E-state index in [9.17, 15) is 4.79 Å². The van der Waals surface area contributed by atoms with Gasteiger partial charge in [0.25, 0.3) is 0 Å². The Bertz CT molecular complexity index is 530. The van der Waals surface area contributed by atoms with Crippen LogP contribution in [-0.2, 0) is 7.05 Å². The lowest BCUT2D eigenvalue weighted by Gasteiger charge is -2.01. The van der Waals surface area contributed by atoms with Crippen molar-refractivity contribution in [3.05, 3.63) is 39.9 Å². The standard InChI is InChI=1S/C10H9BrN4O/c1-6-5-7(3-4-12-6)9(16)8-10(11)13-14-15(8)2/h3-5H,1-2H3. The number of aryl methyl sites for hydroxylation is 2. The quantitative estimate of drug-likeness (QED) is 0.783. The fourth-order valence-electron chi connectivity index (χ4n) is 1.40. The van der Waals surface area contributed by atoms with Crippen molar-refractivity contribution < 1.29 is 4.79 Å². The Morgan fingerprint density at radius 3 is 2.81 bits per heavy atom. The van der Waals surface area contributed by atoms with Gasteiger partial charge in [-0.25, -0.2) is 4.68 Å². The Morgan fingerprint density at radius 2 is 2.25 bits per heavy atom. The Balaban J connectivity index is 2.47. The topological polar surface area (TPSA) is 60.7 Å². The van der Waals surface area contributed by atoms with Crippen LogP contribution in [0.5, 0.6) is 0 Å². The minimum Gasteiger partial charge on any atom is -0.287 e. The number of carbonyl (C=O) groups is 1. The zero-order chi connectivity index (χ0) is 11.7. The molecule has 0 atom stereocenters. The molecule has 2 aromatic rings. The number of hydrogen-bond donors (Lipinski definition) is 0. The van der Waals surface area contributed by atoms with Crippen LogP contribution in [0.15, 0.2) is 22.9 Å². The average Bonchev–Trinajstić information content (AvgIpc) is 2.58. The molecule has 0 unspecified atom stereocenters. The number of carbonyl (C=O) groups excluding carboxylic acids is 1. The summed E-state index contributed by atoms with van der Waals surface area (Å²) in [7, 11) is 1.68. The molecule has 0 bridgehead atoms. The van der Waals surface area contributed by atoms with E-state index in [1.165, 1.54) is 4.68 Å². The third-order valence-electron chi connectivity index (χ3n) is 2.16. The zero-order valence-electron chi connectivity index (χ0n) is 8.81. The van der Waals surface area contributed by atoms with Crippen molar-refractivity contribution >= 4 is 21.7 Å². The first kappa shape index (κ1) is 10.9. The molecular weight excluding hydrogens is 272 g/mol. The number of pyridine rings is 1. The van der Waals surface area contributed by atoms with Crippen LogP contribution in [0.3, 0.4) is 0 Å². The summed E-state index contributed by atoms with van der Waals surface area (Å²) in [6.07, 6.45) is 1.61. The second kappa shape index (κ2) is 4.13. The highest BCUT2D eigenvalue weighted by Crippen LogP contribution is 2.16. The van der Waals surface area contributed by atoms with Crippen LogP contribution in [0, 0.1) is 6.92 Å². The highest BCUT2D eigenvalue weighted by molar-refractivity contribution is 9.10. The third-order valence-corrected chi connectivity index (χ3v) is 2.69. The fraction of sp³-hybridized carbons (Fsp3) is 0.200. The molecule has 0 aromatic carbocycles. The number of rotatable bonds is 2. The molecule has 2 aromatic heterocycles. The van der Waals surface area contributed by atoms with E-state index in [1.807, 2.05) is 6.92 Å². The number of aromatic nitrogens is 4. The van der Waals surface area contributed by atoms with Crippen molar-refractivity contribution in [2.45, 2.75) is 6.92 Å². The molecular formula is C10H9BrN4O. The molecule has 0 fully saturated rings. The molecule has 0 spiro atoms. The van der Waals surface area contributed by atoms with E-state index in [0.717, 1.165) is 5.69 Å². The summed E-state index contributed by atoms with van der Waals surface area (Å²) in [4.78, 5) is 16.2. The molecule has 0 aliphatic carbocycles.